The standard InChI is InChI=1S/C21H28N2O3S/c1-18-5-3-7-20(15-18)17-27(24,25)23-11-9-22(10-12-23)13-14-26-21-8-4-6-19(2)16-21/h3-8,15-16H,9-14,17H2,1-2H3. The van der Waals surface area contributed by atoms with E-state index in [1.54, 1.807) is 4.31 Å². The van der Waals surface area contributed by atoms with Crippen molar-refractivity contribution in [2.75, 3.05) is 39.3 Å². The van der Waals surface area contributed by atoms with Crippen LogP contribution in [0.25, 0.3) is 0 Å². The lowest BCUT2D eigenvalue weighted by molar-refractivity contribution is 0.159. The van der Waals surface area contributed by atoms with Crippen LogP contribution in [0, 0.1) is 13.8 Å². The third-order valence-corrected chi connectivity index (χ3v) is 6.67. The Bertz CT molecular complexity index is 859. The van der Waals surface area contributed by atoms with Gasteiger partial charge in [-0.15, -0.1) is 0 Å². The Kier molecular flexibility index (Phi) is 6.52. The van der Waals surface area contributed by atoms with E-state index >= 15 is 0 Å². The Balaban J connectivity index is 1.45. The maximum Gasteiger partial charge on any atom is 0.218 e. The first-order chi connectivity index (χ1) is 12.9. The third-order valence-electron chi connectivity index (χ3n) is 4.82. The van der Waals surface area contributed by atoms with Gasteiger partial charge >= 0.3 is 0 Å². The minimum absolute atomic E-state index is 0.0746. The highest BCUT2D eigenvalue weighted by Crippen LogP contribution is 2.15. The van der Waals surface area contributed by atoms with Crippen LogP contribution in [0.5, 0.6) is 5.75 Å². The second-order valence-electron chi connectivity index (χ2n) is 7.15. The predicted octanol–water partition coefficient (Wildman–Crippen LogP) is 2.83. The van der Waals surface area contributed by atoms with Crippen molar-refractivity contribution in [3.05, 3.63) is 65.2 Å². The highest BCUT2D eigenvalue weighted by Gasteiger charge is 2.27. The maximum atomic E-state index is 12.7. The van der Waals surface area contributed by atoms with E-state index in [0.29, 0.717) is 19.7 Å². The van der Waals surface area contributed by atoms with Crippen molar-refractivity contribution in [2.45, 2.75) is 19.6 Å². The lowest BCUT2D eigenvalue weighted by atomic mass is 10.2. The average Bonchev–Trinajstić information content (AvgIpc) is 2.62. The Morgan fingerprint density at radius 1 is 0.926 bits per heavy atom. The molecule has 0 N–H and O–H groups in total. The van der Waals surface area contributed by atoms with E-state index in [0.717, 1.165) is 36.5 Å². The van der Waals surface area contributed by atoms with E-state index < -0.39 is 10.0 Å². The average molecular weight is 389 g/mol. The van der Waals surface area contributed by atoms with Gasteiger partial charge in [-0.2, -0.15) is 4.31 Å². The molecule has 1 fully saturated rings. The molecule has 0 aliphatic carbocycles. The predicted molar refractivity (Wildman–Crippen MR) is 108 cm³/mol. The van der Waals surface area contributed by atoms with Crippen molar-refractivity contribution in [2.24, 2.45) is 0 Å². The fraction of sp³-hybridized carbons (Fsp3) is 0.429. The first-order valence-electron chi connectivity index (χ1n) is 9.37. The van der Waals surface area contributed by atoms with Crippen LogP contribution in [0.4, 0.5) is 0 Å². The number of rotatable bonds is 7. The molecule has 0 spiro atoms. The van der Waals surface area contributed by atoms with Gasteiger partial charge in [0.25, 0.3) is 0 Å². The molecule has 146 valence electrons. The SMILES string of the molecule is Cc1cccc(CS(=O)(=O)N2CCN(CCOc3cccc(C)c3)CC2)c1. The molecule has 0 radical (unpaired) electrons. The largest absolute Gasteiger partial charge is 0.492 e. The Morgan fingerprint density at radius 3 is 2.26 bits per heavy atom. The van der Waals surface area contributed by atoms with Crippen molar-refractivity contribution in [3.63, 3.8) is 0 Å². The molecular weight excluding hydrogens is 360 g/mol. The molecule has 1 aliphatic heterocycles. The minimum atomic E-state index is -3.27. The maximum absolute atomic E-state index is 12.7. The van der Waals surface area contributed by atoms with Crippen molar-refractivity contribution in [3.8, 4) is 5.75 Å². The number of aryl methyl sites for hydroxylation is 2. The van der Waals surface area contributed by atoms with Gasteiger partial charge in [0.05, 0.1) is 5.75 Å². The lowest BCUT2D eigenvalue weighted by Gasteiger charge is -2.33. The fourth-order valence-corrected chi connectivity index (χ4v) is 4.84. The number of ether oxygens (including phenoxy) is 1. The van der Waals surface area contributed by atoms with E-state index in [4.69, 9.17) is 4.74 Å². The highest BCUT2D eigenvalue weighted by atomic mass is 32.2. The summed E-state index contributed by atoms with van der Waals surface area (Å²) >= 11 is 0. The number of piperazine rings is 1. The summed E-state index contributed by atoms with van der Waals surface area (Å²) in [5.74, 6) is 0.958. The Morgan fingerprint density at radius 2 is 1.59 bits per heavy atom. The van der Waals surface area contributed by atoms with E-state index in [-0.39, 0.29) is 5.75 Å². The normalized spacial score (nSPS) is 16.4. The molecule has 2 aromatic rings. The van der Waals surface area contributed by atoms with Gasteiger partial charge in [0.2, 0.25) is 10.0 Å². The zero-order chi connectivity index (χ0) is 19.3. The first-order valence-corrected chi connectivity index (χ1v) is 11.0. The summed E-state index contributed by atoms with van der Waals surface area (Å²) in [6.07, 6.45) is 0. The first kappa shape index (κ1) is 19.9. The molecule has 27 heavy (non-hydrogen) atoms. The molecule has 2 aromatic carbocycles. The van der Waals surface area contributed by atoms with E-state index in [1.807, 2.05) is 62.4 Å². The minimum Gasteiger partial charge on any atom is -0.492 e. The molecule has 0 amide bonds. The molecular formula is C21H28N2O3S. The van der Waals surface area contributed by atoms with E-state index in [2.05, 4.69) is 4.90 Å². The molecule has 1 aliphatic rings. The van der Waals surface area contributed by atoms with Gasteiger partial charge < -0.3 is 4.74 Å². The van der Waals surface area contributed by atoms with E-state index in [9.17, 15) is 8.42 Å². The number of hydrogen-bond acceptors (Lipinski definition) is 4. The Hall–Kier alpha value is -1.89. The molecule has 0 bridgehead atoms. The van der Waals surface area contributed by atoms with Crippen LogP contribution in [0.15, 0.2) is 48.5 Å². The van der Waals surface area contributed by atoms with Crippen LogP contribution in [0.2, 0.25) is 0 Å². The van der Waals surface area contributed by atoms with Crippen LogP contribution in [-0.2, 0) is 15.8 Å². The van der Waals surface area contributed by atoms with Gasteiger partial charge in [-0.1, -0.05) is 42.0 Å². The summed E-state index contributed by atoms with van der Waals surface area (Å²) in [7, 11) is -3.27. The molecule has 0 unspecified atom stereocenters. The van der Waals surface area contributed by atoms with Crippen LogP contribution >= 0.6 is 0 Å². The van der Waals surface area contributed by atoms with Crippen LogP contribution in [0.1, 0.15) is 16.7 Å². The van der Waals surface area contributed by atoms with Crippen molar-refractivity contribution in [1.29, 1.82) is 0 Å². The molecule has 1 saturated heterocycles. The van der Waals surface area contributed by atoms with Gasteiger partial charge in [-0.05, 0) is 37.1 Å². The van der Waals surface area contributed by atoms with E-state index in [1.165, 1.54) is 5.56 Å². The van der Waals surface area contributed by atoms with Crippen LogP contribution < -0.4 is 4.74 Å². The molecule has 6 heteroatoms. The van der Waals surface area contributed by atoms with Crippen molar-refractivity contribution >= 4 is 10.0 Å². The molecule has 0 aromatic heterocycles. The quantitative estimate of drug-likeness (QED) is 0.732. The third kappa shape index (κ3) is 5.79. The van der Waals surface area contributed by atoms with Crippen LogP contribution in [0.3, 0.4) is 0 Å². The molecule has 1 heterocycles. The highest BCUT2D eigenvalue weighted by molar-refractivity contribution is 7.88. The molecule has 0 atom stereocenters. The van der Waals surface area contributed by atoms with Gasteiger partial charge in [-0.25, -0.2) is 8.42 Å². The molecule has 5 nitrogen and oxygen atoms in total. The second kappa shape index (κ2) is 8.87. The zero-order valence-corrected chi connectivity index (χ0v) is 16.9. The Labute approximate surface area is 162 Å². The molecule has 3 rings (SSSR count). The summed E-state index contributed by atoms with van der Waals surface area (Å²) in [5.41, 5.74) is 3.12. The number of sulfonamides is 1. The number of nitrogens with zero attached hydrogens (tertiary/aromatic N) is 2. The van der Waals surface area contributed by atoms with Gasteiger partial charge in [0.15, 0.2) is 0 Å². The summed E-state index contributed by atoms with van der Waals surface area (Å²) < 4.78 is 32.8. The van der Waals surface area contributed by atoms with Gasteiger partial charge in [0, 0.05) is 32.7 Å². The summed E-state index contributed by atoms with van der Waals surface area (Å²) in [5, 5.41) is 0. The fourth-order valence-electron chi connectivity index (χ4n) is 3.33. The number of benzene rings is 2. The number of hydrogen-bond donors (Lipinski definition) is 0. The van der Waals surface area contributed by atoms with Crippen LogP contribution in [-0.4, -0.2) is 57.0 Å². The summed E-state index contributed by atoms with van der Waals surface area (Å²) in [6, 6.07) is 15.7. The zero-order valence-electron chi connectivity index (χ0n) is 16.1. The van der Waals surface area contributed by atoms with Gasteiger partial charge in [0.1, 0.15) is 12.4 Å². The monoisotopic (exact) mass is 388 g/mol. The van der Waals surface area contributed by atoms with Crippen molar-refractivity contribution < 1.29 is 13.2 Å². The topological polar surface area (TPSA) is 49.9 Å². The van der Waals surface area contributed by atoms with Gasteiger partial charge in [-0.3, -0.25) is 4.90 Å². The second-order valence-corrected chi connectivity index (χ2v) is 9.12. The summed E-state index contributed by atoms with van der Waals surface area (Å²) in [4.78, 5) is 2.26. The lowest BCUT2D eigenvalue weighted by Crippen LogP contribution is -2.49. The molecule has 0 saturated carbocycles. The smallest absolute Gasteiger partial charge is 0.218 e. The van der Waals surface area contributed by atoms with Crippen molar-refractivity contribution in [1.82, 2.24) is 9.21 Å². The summed E-state index contributed by atoms with van der Waals surface area (Å²) in [6.45, 7) is 8.00.